The first-order chi connectivity index (χ1) is 11.7. The summed E-state index contributed by atoms with van der Waals surface area (Å²) in [5, 5.41) is 2.29. The Morgan fingerprint density at radius 3 is 2.75 bits per heavy atom. The summed E-state index contributed by atoms with van der Waals surface area (Å²) in [6.07, 6.45) is 2.07. The maximum Gasteiger partial charge on any atom is 0.214 e. The van der Waals surface area contributed by atoms with E-state index in [1.165, 1.54) is 10.9 Å². The lowest BCUT2D eigenvalue weighted by Crippen LogP contribution is -1.94. The van der Waals surface area contributed by atoms with Crippen LogP contribution >= 0.6 is 0 Å². The molecule has 24 heavy (non-hydrogen) atoms. The third-order valence-electron chi connectivity index (χ3n) is 4.46. The van der Waals surface area contributed by atoms with E-state index in [9.17, 15) is 0 Å². The minimum Gasteiger partial charge on any atom is -0.481 e. The van der Waals surface area contributed by atoms with Crippen LogP contribution < -0.4 is 4.74 Å². The average molecular weight is 314 g/mol. The Kier molecular flexibility index (Phi) is 3.35. The van der Waals surface area contributed by atoms with Gasteiger partial charge in [-0.15, -0.1) is 0 Å². The fraction of sp³-hybridized carbons (Fsp3) is 0.0952. The second-order valence-electron chi connectivity index (χ2n) is 5.91. The molecule has 4 aromatic rings. The number of benzene rings is 2. The lowest BCUT2D eigenvalue weighted by Gasteiger charge is -2.12. The Morgan fingerprint density at radius 2 is 1.92 bits per heavy atom. The van der Waals surface area contributed by atoms with Gasteiger partial charge in [0.2, 0.25) is 5.88 Å². The molecule has 118 valence electrons. The van der Waals surface area contributed by atoms with Crippen LogP contribution in [-0.4, -0.2) is 16.7 Å². The fourth-order valence-corrected chi connectivity index (χ4v) is 3.13. The van der Waals surface area contributed by atoms with E-state index in [2.05, 4.69) is 59.7 Å². The third-order valence-corrected chi connectivity index (χ3v) is 4.46. The van der Waals surface area contributed by atoms with E-state index < -0.39 is 0 Å². The Labute approximate surface area is 140 Å². The van der Waals surface area contributed by atoms with Gasteiger partial charge in [0.15, 0.2) is 0 Å². The first-order valence-corrected chi connectivity index (χ1v) is 7.86. The van der Waals surface area contributed by atoms with Crippen LogP contribution in [0.2, 0.25) is 0 Å². The van der Waals surface area contributed by atoms with Gasteiger partial charge in [0.1, 0.15) is 0 Å². The van der Waals surface area contributed by atoms with E-state index >= 15 is 0 Å². The van der Waals surface area contributed by atoms with Crippen molar-refractivity contribution in [3.8, 4) is 5.88 Å². The van der Waals surface area contributed by atoms with Crippen LogP contribution in [0, 0.1) is 0 Å². The number of fused-ring (bicyclic) bond motifs is 2. The van der Waals surface area contributed by atoms with Gasteiger partial charge in [-0.05, 0) is 41.0 Å². The minimum atomic E-state index is 0.602. The Balaban J connectivity index is 1.90. The van der Waals surface area contributed by atoms with Gasteiger partial charge in [0.25, 0.3) is 0 Å². The summed E-state index contributed by atoms with van der Waals surface area (Å²) < 4.78 is 7.48. The van der Waals surface area contributed by atoms with Gasteiger partial charge in [-0.25, -0.2) is 4.98 Å². The third kappa shape index (κ3) is 2.26. The highest BCUT2D eigenvalue weighted by molar-refractivity contribution is 5.97. The van der Waals surface area contributed by atoms with Gasteiger partial charge in [0, 0.05) is 35.6 Å². The van der Waals surface area contributed by atoms with E-state index in [0.717, 1.165) is 27.6 Å². The first-order valence-electron chi connectivity index (χ1n) is 7.86. The number of hydrogen-bond donors (Lipinski definition) is 0. The summed E-state index contributed by atoms with van der Waals surface area (Å²) in [7, 11) is 3.69. The van der Waals surface area contributed by atoms with Crippen molar-refractivity contribution in [3.63, 3.8) is 0 Å². The first kappa shape index (κ1) is 14.5. The van der Waals surface area contributed by atoms with Crippen molar-refractivity contribution in [1.82, 2.24) is 9.55 Å². The van der Waals surface area contributed by atoms with Crippen LogP contribution in [0.25, 0.3) is 27.4 Å². The maximum absolute atomic E-state index is 5.37. The van der Waals surface area contributed by atoms with E-state index in [4.69, 9.17) is 4.74 Å². The molecule has 2 aromatic carbocycles. The van der Waals surface area contributed by atoms with Crippen molar-refractivity contribution in [2.24, 2.45) is 7.05 Å². The van der Waals surface area contributed by atoms with Gasteiger partial charge in [-0.1, -0.05) is 30.8 Å². The highest BCUT2D eigenvalue weighted by atomic mass is 16.5. The van der Waals surface area contributed by atoms with Crippen LogP contribution in [0.3, 0.4) is 0 Å². The quantitative estimate of drug-likeness (QED) is 0.543. The Morgan fingerprint density at radius 1 is 1.08 bits per heavy atom. The molecule has 0 aliphatic heterocycles. The van der Waals surface area contributed by atoms with Gasteiger partial charge in [0.05, 0.1) is 12.6 Å². The van der Waals surface area contributed by atoms with Gasteiger partial charge in [-0.2, -0.15) is 0 Å². The molecule has 0 atom stereocenters. The minimum absolute atomic E-state index is 0.602. The smallest absolute Gasteiger partial charge is 0.214 e. The number of ether oxygens (including phenoxy) is 1. The number of pyridine rings is 1. The summed E-state index contributed by atoms with van der Waals surface area (Å²) >= 11 is 0. The summed E-state index contributed by atoms with van der Waals surface area (Å²) in [5.74, 6) is 0.602. The molecular weight excluding hydrogens is 296 g/mol. The lowest BCUT2D eigenvalue weighted by atomic mass is 9.95. The predicted octanol–water partition coefficient (Wildman–Crippen LogP) is 4.80. The monoisotopic (exact) mass is 314 g/mol. The molecule has 0 fully saturated rings. The highest BCUT2D eigenvalue weighted by Gasteiger charge is 2.11. The Bertz CT molecular complexity index is 1080. The molecule has 3 heteroatoms. The van der Waals surface area contributed by atoms with Crippen LogP contribution in [0.15, 0.2) is 67.4 Å². The molecule has 0 amide bonds. The molecule has 0 aliphatic carbocycles. The zero-order chi connectivity index (χ0) is 16.7. The van der Waals surface area contributed by atoms with Crippen LogP contribution in [-0.2, 0) is 7.05 Å². The molecule has 0 N–H and O–H groups in total. The summed E-state index contributed by atoms with van der Waals surface area (Å²) in [6, 6.07) is 18.6. The summed E-state index contributed by atoms with van der Waals surface area (Å²) in [6.45, 7) is 4.34. The standard InChI is InChI=1S/C21H18N2O/c1-14(15-8-9-20-16(12-15)10-11-23(20)2)18-13-21(24-3)22-19-7-5-4-6-17(18)19/h4-13H,1H2,2-3H3. The van der Waals surface area contributed by atoms with E-state index in [0.29, 0.717) is 5.88 Å². The molecular formula is C21H18N2O. The van der Waals surface area contributed by atoms with Crippen LogP contribution in [0.5, 0.6) is 5.88 Å². The molecule has 3 nitrogen and oxygen atoms in total. The topological polar surface area (TPSA) is 27.1 Å². The van der Waals surface area contributed by atoms with Gasteiger partial charge < -0.3 is 9.30 Å². The van der Waals surface area contributed by atoms with Crippen molar-refractivity contribution in [2.75, 3.05) is 7.11 Å². The second-order valence-corrected chi connectivity index (χ2v) is 5.91. The maximum atomic E-state index is 5.37. The summed E-state index contributed by atoms with van der Waals surface area (Å²) in [4.78, 5) is 4.52. The molecule has 0 bridgehead atoms. The lowest BCUT2D eigenvalue weighted by molar-refractivity contribution is 0.399. The predicted molar refractivity (Wildman–Crippen MR) is 99.4 cm³/mol. The van der Waals surface area contributed by atoms with Crippen LogP contribution in [0.4, 0.5) is 0 Å². The molecule has 2 aromatic heterocycles. The fourth-order valence-electron chi connectivity index (χ4n) is 3.13. The number of hydrogen-bond acceptors (Lipinski definition) is 2. The molecule has 0 radical (unpaired) electrons. The number of nitrogens with zero attached hydrogens (tertiary/aromatic N) is 2. The van der Waals surface area contributed by atoms with E-state index in [1.807, 2.05) is 24.3 Å². The number of para-hydroxylation sites is 1. The SMILES string of the molecule is C=C(c1ccc2c(ccn2C)c1)c1cc(OC)nc2ccccc12. The number of aromatic nitrogens is 2. The number of methoxy groups -OCH3 is 1. The molecule has 0 aliphatic rings. The molecule has 0 saturated heterocycles. The number of rotatable bonds is 3. The normalized spacial score (nSPS) is 11.1. The van der Waals surface area contributed by atoms with Crippen molar-refractivity contribution in [2.45, 2.75) is 0 Å². The second kappa shape index (κ2) is 5.53. The van der Waals surface area contributed by atoms with Crippen LogP contribution in [0.1, 0.15) is 11.1 Å². The highest BCUT2D eigenvalue weighted by Crippen LogP contribution is 2.32. The number of aryl methyl sites for hydroxylation is 1. The van der Waals surface area contributed by atoms with E-state index in [1.54, 1.807) is 7.11 Å². The molecule has 0 unspecified atom stereocenters. The Hall–Kier alpha value is -3.07. The van der Waals surface area contributed by atoms with Gasteiger partial charge in [-0.3, -0.25) is 0 Å². The van der Waals surface area contributed by atoms with Crippen molar-refractivity contribution in [1.29, 1.82) is 0 Å². The molecule has 4 rings (SSSR count). The van der Waals surface area contributed by atoms with Gasteiger partial charge >= 0.3 is 0 Å². The molecule has 0 spiro atoms. The largest absolute Gasteiger partial charge is 0.481 e. The molecule has 2 heterocycles. The average Bonchev–Trinajstić information content (AvgIpc) is 3.00. The zero-order valence-corrected chi connectivity index (χ0v) is 13.8. The van der Waals surface area contributed by atoms with E-state index in [-0.39, 0.29) is 0 Å². The van der Waals surface area contributed by atoms with Crippen molar-refractivity contribution in [3.05, 3.63) is 78.5 Å². The van der Waals surface area contributed by atoms with Crippen molar-refractivity contribution < 1.29 is 4.74 Å². The molecule has 0 saturated carbocycles. The zero-order valence-electron chi connectivity index (χ0n) is 13.8. The summed E-state index contributed by atoms with van der Waals surface area (Å²) in [5.41, 5.74) is 5.25. The van der Waals surface area contributed by atoms with Crippen molar-refractivity contribution >= 4 is 27.4 Å².